The molecule has 0 spiro atoms. The minimum atomic E-state index is -3.09. The second-order valence-corrected chi connectivity index (χ2v) is 8.53. The lowest BCUT2D eigenvalue weighted by molar-refractivity contribution is -0.122. The molecule has 2 rings (SSSR count). The van der Waals surface area contributed by atoms with Crippen LogP contribution in [0.5, 0.6) is 0 Å². The smallest absolute Gasteiger partial charge is 0.234 e. The predicted molar refractivity (Wildman–Crippen MR) is 79.8 cm³/mol. The largest absolute Gasteiger partial charge is 0.350 e. The van der Waals surface area contributed by atoms with Gasteiger partial charge in [-0.25, -0.2) is 8.42 Å². The van der Waals surface area contributed by atoms with Crippen molar-refractivity contribution in [3.05, 3.63) is 0 Å². The number of carbonyl (C=O) groups is 1. The van der Waals surface area contributed by atoms with Crippen LogP contribution in [0.2, 0.25) is 0 Å². The van der Waals surface area contributed by atoms with Gasteiger partial charge in [-0.15, -0.1) is 11.6 Å². The Bertz CT molecular complexity index is 433. The summed E-state index contributed by atoms with van der Waals surface area (Å²) in [6.07, 6.45) is 5.99. The van der Waals surface area contributed by atoms with Gasteiger partial charge in [0.25, 0.3) is 0 Å². The molecule has 0 unspecified atom stereocenters. The van der Waals surface area contributed by atoms with Crippen LogP contribution >= 0.6 is 11.6 Å². The minimum Gasteiger partial charge on any atom is -0.350 e. The number of hydrogen-bond acceptors (Lipinski definition) is 4. The summed E-state index contributed by atoms with van der Waals surface area (Å²) < 4.78 is 22.9. The van der Waals surface area contributed by atoms with E-state index in [9.17, 15) is 13.2 Å². The van der Waals surface area contributed by atoms with Crippen LogP contribution in [0.1, 0.15) is 32.1 Å². The molecule has 20 heavy (non-hydrogen) atoms. The highest BCUT2D eigenvalue weighted by Gasteiger charge is 2.37. The number of amides is 1. The topological polar surface area (TPSA) is 66.5 Å². The van der Waals surface area contributed by atoms with Gasteiger partial charge in [-0.3, -0.25) is 9.69 Å². The lowest BCUT2D eigenvalue weighted by Crippen LogP contribution is -2.46. The predicted octanol–water partition coefficient (Wildman–Crippen LogP) is 0.773. The average molecular weight is 323 g/mol. The van der Waals surface area contributed by atoms with Gasteiger partial charge in [-0.05, 0) is 25.9 Å². The van der Waals surface area contributed by atoms with Gasteiger partial charge in [0.15, 0.2) is 9.84 Å². The Morgan fingerprint density at radius 1 is 1.10 bits per heavy atom. The zero-order valence-corrected chi connectivity index (χ0v) is 13.3. The van der Waals surface area contributed by atoms with Gasteiger partial charge in [0.2, 0.25) is 5.91 Å². The summed E-state index contributed by atoms with van der Waals surface area (Å²) in [6.45, 7) is 2.24. The molecule has 0 bridgehead atoms. The number of nitrogens with one attached hydrogen (secondary N) is 1. The fourth-order valence-electron chi connectivity index (χ4n) is 2.86. The van der Waals surface area contributed by atoms with E-state index in [4.69, 9.17) is 11.6 Å². The Hall–Kier alpha value is -0.330. The number of sulfone groups is 1. The van der Waals surface area contributed by atoms with Crippen molar-refractivity contribution < 1.29 is 13.2 Å². The number of carbonyl (C=O) groups excluding carboxylic acids is 1. The first-order valence-corrected chi connectivity index (χ1v) is 9.58. The molecule has 116 valence electrons. The van der Waals surface area contributed by atoms with Crippen molar-refractivity contribution >= 4 is 27.3 Å². The summed E-state index contributed by atoms with van der Waals surface area (Å²) in [5.74, 6) is -0.186. The quantitative estimate of drug-likeness (QED) is 0.780. The van der Waals surface area contributed by atoms with E-state index < -0.39 is 21.3 Å². The monoisotopic (exact) mass is 322 g/mol. The van der Waals surface area contributed by atoms with E-state index in [1.54, 1.807) is 0 Å². The van der Waals surface area contributed by atoms with E-state index in [1.165, 1.54) is 19.3 Å². The van der Waals surface area contributed by atoms with Crippen molar-refractivity contribution in [3.8, 4) is 0 Å². The van der Waals surface area contributed by atoms with Crippen LogP contribution in [0, 0.1) is 0 Å². The zero-order valence-electron chi connectivity index (χ0n) is 11.7. The van der Waals surface area contributed by atoms with Crippen molar-refractivity contribution in [2.45, 2.75) is 43.5 Å². The minimum absolute atomic E-state index is 0.0348. The highest BCUT2D eigenvalue weighted by molar-refractivity contribution is 7.91. The molecule has 0 aromatic carbocycles. The lowest BCUT2D eigenvalue weighted by Gasteiger charge is -2.24. The Morgan fingerprint density at radius 2 is 1.70 bits per heavy atom. The zero-order chi connectivity index (χ0) is 14.6. The molecule has 2 fully saturated rings. The number of halogens is 1. The van der Waals surface area contributed by atoms with Gasteiger partial charge in [0, 0.05) is 0 Å². The molecule has 0 aliphatic carbocycles. The summed E-state index contributed by atoms with van der Waals surface area (Å²) in [7, 11) is -3.09. The van der Waals surface area contributed by atoms with Crippen molar-refractivity contribution in [2.24, 2.45) is 0 Å². The van der Waals surface area contributed by atoms with Crippen LogP contribution in [0.25, 0.3) is 0 Å². The van der Waals surface area contributed by atoms with Crippen molar-refractivity contribution in [3.63, 3.8) is 0 Å². The highest BCUT2D eigenvalue weighted by Crippen LogP contribution is 2.18. The number of alkyl halides is 1. The summed E-state index contributed by atoms with van der Waals surface area (Å²) in [4.78, 5) is 14.2. The van der Waals surface area contributed by atoms with E-state index in [0.29, 0.717) is 6.54 Å². The normalized spacial score (nSPS) is 31.4. The summed E-state index contributed by atoms with van der Waals surface area (Å²) in [6, 6.07) is -0.441. The Labute approximate surface area is 126 Å². The summed E-state index contributed by atoms with van der Waals surface area (Å²) in [5, 5.41) is 2.27. The van der Waals surface area contributed by atoms with Crippen molar-refractivity contribution in [1.29, 1.82) is 0 Å². The van der Waals surface area contributed by atoms with Gasteiger partial charge in [-0.2, -0.15) is 0 Å². The molecule has 2 saturated heterocycles. The first kappa shape index (κ1) is 16.0. The van der Waals surface area contributed by atoms with E-state index in [1.807, 2.05) is 0 Å². The Morgan fingerprint density at radius 3 is 2.25 bits per heavy atom. The fraction of sp³-hybridized carbons (Fsp3) is 0.923. The molecule has 2 heterocycles. The number of hydrogen-bond donors (Lipinski definition) is 1. The van der Waals surface area contributed by atoms with Crippen LogP contribution in [-0.2, 0) is 14.6 Å². The van der Waals surface area contributed by atoms with E-state index in [2.05, 4.69) is 10.2 Å². The number of rotatable bonds is 3. The summed E-state index contributed by atoms with van der Waals surface area (Å²) in [5.41, 5.74) is 0. The highest BCUT2D eigenvalue weighted by atomic mass is 35.5. The third-order valence-corrected chi connectivity index (χ3v) is 6.32. The van der Waals surface area contributed by atoms with E-state index in [0.717, 1.165) is 25.9 Å². The molecule has 0 aromatic heterocycles. The average Bonchev–Trinajstić information content (AvgIpc) is 2.55. The molecule has 0 saturated carbocycles. The molecule has 5 nitrogen and oxygen atoms in total. The van der Waals surface area contributed by atoms with Gasteiger partial charge in [0.05, 0.1) is 29.5 Å². The molecule has 2 atom stereocenters. The first-order valence-electron chi connectivity index (χ1n) is 7.32. The fourth-order valence-corrected chi connectivity index (χ4v) is 5.41. The maximum absolute atomic E-state index is 12.0. The van der Waals surface area contributed by atoms with Crippen LogP contribution in [-0.4, -0.2) is 61.8 Å². The third kappa shape index (κ3) is 4.90. The van der Waals surface area contributed by atoms with Crippen LogP contribution < -0.4 is 5.32 Å². The van der Waals surface area contributed by atoms with E-state index >= 15 is 0 Å². The third-order valence-electron chi connectivity index (χ3n) is 3.95. The molecule has 7 heteroatoms. The second kappa shape index (κ2) is 7.09. The van der Waals surface area contributed by atoms with Gasteiger partial charge >= 0.3 is 0 Å². The molecule has 2 aliphatic heterocycles. The molecule has 0 aromatic rings. The number of nitrogens with zero attached hydrogens (tertiary/aromatic N) is 1. The van der Waals surface area contributed by atoms with Crippen LogP contribution in [0.4, 0.5) is 0 Å². The van der Waals surface area contributed by atoms with Gasteiger partial charge < -0.3 is 5.32 Å². The number of likely N-dealkylation sites (tertiary alicyclic amines) is 1. The lowest BCUT2D eigenvalue weighted by atomic mass is 10.1. The Kier molecular flexibility index (Phi) is 5.69. The standard InChI is InChI=1S/C13H23ClN2O3S/c14-11-9-20(18,19)10-12(11)15-13(17)8-16-6-4-2-1-3-5-7-16/h11-12H,1-10H2,(H,15,17)/t11-,12+/m1/s1. The SMILES string of the molecule is O=C(CN1CCCCCCC1)N[C@H]1CS(=O)(=O)C[C@H]1Cl. The van der Waals surface area contributed by atoms with Crippen LogP contribution in [0.15, 0.2) is 0 Å². The van der Waals surface area contributed by atoms with E-state index in [-0.39, 0.29) is 17.4 Å². The maximum Gasteiger partial charge on any atom is 0.234 e. The maximum atomic E-state index is 12.0. The van der Waals surface area contributed by atoms with Crippen LogP contribution in [0.3, 0.4) is 0 Å². The van der Waals surface area contributed by atoms with Gasteiger partial charge in [-0.1, -0.05) is 19.3 Å². The van der Waals surface area contributed by atoms with Gasteiger partial charge in [0.1, 0.15) is 0 Å². The molecular weight excluding hydrogens is 300 g/mol. The molecule has 1 amide bonds. The molecule has 0 radical (unpaired) electrons. The first-order chi connectivity index (χ1) is 9.46. The van der Waals surface area contributed by atoms with Crippen molar-refractivity contribution in [1.82, 2.24) is 10.2 Å². The van der Waals surface area contributed by atoms with Crippen molar-refractivity contribution in [2.75, 3.05) is 31.1 Å². The molecule has 2 aliphatic rings. The summed E-state index contributed by atoms with van der Waals surface area (Å²) >= 11 is 5.99. The molecular formula is C13H23ClN2O3S. The second-order valence-electron chi connectivity index (χ2n) is 5.81. The Balaban J connectivity index is 1.79. The molecule has 1 N–H and O–H groups in total.